The Bertz CT molecular complexity index is 558. The minimum Gasteiger partial charge on any atom is -0.399 e. The molecule has 1 aromatic rings. The fourth-order valence-corrected chi connectivity index (χ4v) is 2.33. The lowest BCUT2D eigenvalue weighted by Gasteiger charge is -2.04. The van der Waals surface area contributed by atoms with Crippen molar-refractivity contribution in [3.63, 3.8) is 0 Å². The average Bonchev–Trinajstić information content (AvgIpc) is 3.24. The third-order valence-corrected chi connectivity index (χ3v) is 3.40. The van der Waals surface area contributed by atoms with E-state index < -0.39 is 0 Å². The van der Waals surface area contributed by atoms with Gasteiger partial charge in [-0.2, -0.15) is 0 Å². The van der Waals surface area contributed by atoms with E-state index in [1.54, 1.807) is 0 Å². The van der Waals surface area contributed by atoms with Crippen molar-refractivity contribution in [3.8, 4) is 0 Å². The highest BCUT2D eigenvalue weighted by Crippen LogP contribution is 2.44. The molecule has 0 radical (unpaired) electrons. The second-order valence-electron chi connectivity index (χ2n) is 4.34. The van der Waals surface area contributed by atoms with Gasteiger partial charge in [0.1, 0.15) is 18.6 Å². The Morgan fingerprint density at radius 2 is 2.05 bits per heavy atom. The van der Waals surface area contributed by atoms with E-state index in [0.717, 1.165) is 24.2 Å². The topological polar surface area (TPSA) is 47.6 Å². The molecule has 0 spiro atoms. The third kappa shape index (κ3) is 4.35. The van der Waals surface area contributed by atoms with E-state index in [1.165, 1.54) is 13.3 Å². The molecule has 21 heavy (non-hydrogen) atoms. The Kier molecular flexibility index (Phi) is 6.99. The minimum absolute atomic E-state index is 0.284. The SMILES string of the molecule is C=C(Cl)/C(=C(Cl)\C=N\OC)c1noc(C2CC2)c1C.CC. The molecule has 1 heterocycles. The second-order valence-corrected chi connectivity index (χ2v) is 5.20. The molecule has 0 N–H and O–H groups in total. The average molecular weight is 331 g/mol. The van der Waals surface area contributed by atoms with E-state index in [1.807, 2.05) is 20.8 Å². The molecule has 6 heteroatoms. The monoisotopic (exact) mass is 330 g/mol. The number of rotatable bonds is 5. The molecule has 4 nitrogen and oxygen atoms in total. The van der Waals surface area contributed by atoms with Gasteiger partial charge in [0.2, 0.25) is 0 Å². The highest BCUT2D eigenvalue weighted by atomic mass is 35.5. The smallest absolute Gasteiger partial charge is 0.143 e. The third-order valence-electron chi connectivity index (χ3n) is 2.93. The van der Waals surface area contributed by atoms with Crippen molar-refractivity contribution in [1.29, 1.82) is 0 Å². The van der Waals surface area contributed by atoms with Crippen LogP contribution < -0.4 is 0 Å². The van der Waals surface area contributed by atoms with Crippen LogP contribution in [0, 0.1) is 6.92 Å². The normalized spacial score (nSPS) is 15.3. The van der Waals surface area contributed by atoms with Gasteiger partial charge in [0.15, 0.2) is 0 Å². The first-order valence-electron chi connectivity index (χ1n) is 6.83. The summed E-state index contributed by atoms with van der Waals surface area (Å²) in [5, 5.41) is 8.26. The summed E-state index contributed by atoms with van der Waals surface area (Å²) in [5.41, 5.74) is 2.06. The molecule has 1 aromatic heterocycles. The number of hydrogen-bond donors (Lipinski definition) is 0. The molecule has 0 aliphatic heterocycles. The van der Waals surface area contributed by atoms with Crippen molar-refractivity contribution in [2.75, 3.05) is 7.11 Å². The number of halogens is 2. The van der Waals surface area contributed by atoms with Crippen LogP contribution in [0.25, 0.3) is 5.57 Å². The summed E-state index contributed by atoms with van der Waals surface area (Å²) < 4.78 is 5.39. The van der Waals surface area contributed by atoms with E-state index in [-0.39, 0.29) is 5.03 Å². The molecule has 1 saturated carbocycles. The van der Waals surface area contributed by atoms with Crippen LogP contribution in [0.3, 0.4) is 0 Å². The molecule has 2 rings (SSSR count). The number of oxime groups is 1. The van der Waals surface area contributed by atoms with Gasteiger partial charge in [-0.1, -0.05) is 53.9 Å². The summed E-state index contributed by atoms with van der Waals surface area (Å²) in [7, 11) is 1.43. The summed E-state index contributed by atoms with van der Waals surface area (Å²) in [4.78, 5) is 4.60. The molecule has 0 bridgehead atoms. The standard InChI is InChI=1S/C13H14Cl2N2O2.C2H6/c1-7-12(17-19-13(7)9-4-5-9)11(8(2)14)10(15)6-16-18-3;1-2/h6,9H,2,4-5H2,1,3H3;1-2H3/b11-10-,16-6+;. The molecular formula is C15H20Cl2N2O2. The first-order chi connectivity index (χ1) is 10.1. The first-order valence-corrected chi connectivity index (χ1v) is 7.59. The zero-order chi connectivity index (χ0) is 16.0. The van der Waals surface area contributed by atoms with E-state index in [9.17, 15) is 0 Å². The lowest BCUT2D eigenvalue weighted by Crippen LogP contribution is -1.93. The number of allylic oxidation sites excluding steroid dienone is 3. The molecule has 0 amide bonds. The molecule has 1 aliphatic carbocycles. The largest absolute Gasteiger partial charge is 0.399 e. The number of hydrogen-bond acceptors (Lipinski definition) is 4. The first kappa shape index (κ1) is 17.8. The zero-order valence-corrected chi connectivity index (χ0v) is 14.3. The highest BCUT2D eigenvalue weighted by Gasteiger charge is 2.31. The lowest BCUT2D eigenvalue weighted by atomic mass is 10.1. The van der Waals surface area contributed by atoms with Crippen LogP contribution in [0.4, 0.5) is 0 Å². The van der Waals surface area contributed by atoms with Gasteiger partial charge in [-0.25, -0.2) is 0 Å². The van der Waals surface area contributed by atoms with Gasteiger partial charge in [0.05, 0.1) is 11.2 Å². The van der Waals surface area contributed by atoms with E-state index in [2.05, 4.69) is 21.7 Å². The second kappa shape index (κ2) is 8.25. The Labute approximate surface area is 135 Å². The van der Waals surface area contributed by atoms with Gasteiger partial charge < -0.3 is 9.36 Å². The molecule has 0 unspecified atom stereocenters. The van der Waals surface area contributed by atoms with Crippen LogP contribution in [0.15, 0.2) is 26.3 Å². The summed E-state index contributed by atoms with van der Waals surface area (Å²) in [5.74, 6) is 1.37. The van der Waals surface area contributed by atoms with Crippen LogP contribution in [-0.2, 0) is 4.84 Å². The molecule has 0 aromatic carbocycles. The quantitative estimate of drug-likeness (QED) is 0.422. The summed E-state index contributed by atoms with van der Waals surface area (Å²) in [6.45, 7) is 9.65. The molecular weight excluding hydrogens is 311 g/mol. The molecule has 1 fully saturated rings. The van der Waals surface area contributed by atoms with Crippen molar-refractivity contribution in [2.24, 2.45) is 5.16 Å². The maximum Gasteiger partial charge on any atom is 0.143 e. The zero-order valence-electron chi connectivity index (χ0n) is 12.7. The van der Waals surface area contributed by atoms with Gasteiger partial charge >= 0.3 is 0 Å². The van der Waals surface area contributed by atoms with Crippen molar-refractivity contribution < 1.29 is 9.36 Å². The Balaban J connectivity index is 0.00000106. The van der Waals surface area contributed by atoms with Crippen LogP contribution in [0.1, 0.15) is 49.6 Å². The van der Waals surface area contributed by atoms with Gasteiger partial charge in [-0.05, 0) is 19.8 Å². The van der Waals surface area contributed by atoms with E-state index in [0.29, 0.717) is 22.2 Å². The van der Waals surface area contributed by atoms with E-state index in [4.69, 9.17) is 27.7 Å². The van der Waals surface area contributed by atoms with Crippen molar-refractivity contribution >= 4 is 35.0 Å². The molecule has 0 atom stereocenters. The van der Waals surface area contributed by atoms with E-state index >= 15 is 0 Å². The maximum atomic E-state index is 6.15. The Morgan fingerprint density at radius 3 is 2.52 bits per heavy atom. The number of aromatic nitrogens is 1. The fourth-order valence-electron chi connectivity index (χ4n) is 1.84. The molecule has 0 saturated heterocycles. The van der Waals surface area contributed by atoms with Crippen molar-refractivity contribution in [3.05, 3.63) is 33.7 Å². The predicted molar refractivity (Wildman–Crippen MR) is 87.8 cm³/mol. The Hall–Kier alpha value is -1.26. The van der Waals surface area contributed by atoms with Gasteiger partial charge in [0, 0.05) is 22.1 Å². The highest BCUT2D eigenvalue weighted by molar-refractivity contribution is 6.47. The minimum atomic E-state index is 0.284. The van der Waals surface area contributed by atoms with Crippen LogP contribution in [0.5, 0.6) is 0 Å². The number of nitrogens with zero attached hydrogens (tertiary/aromatic N) is 2. The lowest BCUT2D eigenvalue weighted by molar-refractivity contribution is 0.215. The van der Waals surface area contributed by atoms with Crippen molar-refractivity contribution in [1.82, 2.24) is 5.16 Å². The predicted octanol–water partition coefficient (Wildman–Crippen LogP) is 5.22. The van der Waals surface area contributed by atoms with Gasteiger partial charge in [-0.3, -0.25) is 0 Å². The molecule has 1 aliphatic rings. The summed E-state index contributed by atoms with van der Waals surface area (Å²) in [6.07, 6.45) is 3.62. The summed E-state index contributed by atoms with van der Waals surface area (Å²) >= 11 is 12.2. The van der Waals surface area contributed by atoms with Crippen LogP contribution >= 0.6 is 23.2 Å². The summed E-state index contributed by atoms with van der Waals surface area (Å²) in [6, 6.07) is 0. The van der Waals surface area contributed by atoms with Gasteiger partial charge in [0.25, 0.3) is 0 Å². The van der Waals surface area contributed by atoms with Crippen LogP contribution in [-0.4, -0.2) is 18.5 Å². The van der Waals surface area contributed by atoms with Crippen LogP contribution in [0.2, 0.25) is 0 Å². The fraction of sp³-hybridized carbons (Fsp3) is 0.467. The van der Waals surface area contributed by atoms with Crippen molar-refractivity contribution in [2.45, 2.75) is 39.5 Å². The van der Waals surface area contributed by atoms with Gasteiger partial charge in [-0.15, -0.1) is 0 Å². The maximum absolute atomic E-state index is 6.15. The Morgan fingerprint density at radius 1 is 1.43 bits per heavy atom. The molecule has 116 valence electrons.